The van der Waals surface area contributed by atoms with Gasteiger partial charge in [0.15, 0.2) is 0 Å². The summed E-state index contributed by atoms with van der Waals surface area (Å²) >= 11 is 6.14. The van der Waals surface area contributed by atoms with Crippen molar-refractivity contribution in [1.82, 2.24) is 9.88 Å². The molecule has 3 rings (SSSR count). The third kappa shape index (κ3) is 3.96. The first-order valence-corrected chi connectivity index (χ1v) is 8.75. The molecule has 0 spiro atoms. The Labute approximate surface area is 155 Å². The minimum Gasteiger partial charge on any atom is -0.481 e. The van der Waals surface area contributed by atoms with E-state index < -0.39 is 11.5 Å². The van der Waals surface area contributed by atoms with Crippen molar-refractivity contribution in [2.24, 2.45) is 0 Å². The van der Waals surface area contributed by atoms with Gasteiger partial charge in [0.1, 0.15) is 0 Å². The van der Waals surface area contributed by atoms with Gasteiger partial charge >= 0.3 is 5.97 Å². The van der Waals surface area contributed by atoms with Crippen LogP contribution in [0.1, 0.15) is 41.6 Å². The normalized spacial score (nSPS) is 15.1. The lowest BCUT2D eigenvalue weighted by Crippen LogP contribution is -2.54. The topological polar surface area (TPSA) is 88.4 Å². The number of carbonyl (C=O) groups is 2. The maximum absolute atomic E-state index is 12.6. The Morgan fingerprint density at radius 1 is 1.19 bits per heavy atom. The fourth-order valence-corrected chi connectivity index (χ4v) is 3.35. The molecule has 136 valence electrons. The first-order chi connectivity index (χ1) is 12.4. The van der Waals surface area contributed by atoms with Crippen molar-refractivity contribution in [3.05, 3.63) is 69.1 Å². The van der Waals surface area contributed by atoms with Gasteiger partial charge in [0.2, 0.25) is 0 Å². The van der Waals surface area contributed by atoms with Crippen molar-refractivity contribution in [2.75, 3.05) is 0 Å². The van der Waals surface area contributed by atoms with Crippen molar-refractivity contribution in [2.45, 2.75) is 37.8 Å². The van der Waals surface area contributed by atoms with Gasteiger partial charge in [-0.3, -0.25) is 14.4 Å². The van der Waals surface area contributed by atoms with Crippen molar-refractivity contribution in [3.8, 4) is 0 Å². The van der Waals surface area contributed by atoms with E-state index >= 15 is 0 Å². The Kier molecular flexibility index (Phi) is 5.13. The number of rotatable bonds is 6. The number of aromatic nitrogens is 1. The van der Waals surface area contributed by atoms with Crippen LogP contribution in [0, 0.1) is 0 Å². The number of hydrogen-bond donors (Lipinski definition) is 2. The summed E-state index contributed by atoms with van der Waals surface area (Å²) in [6, 6.07) is 9.97. The number of carboxylic acids is 1. The Morgan fingerprint density at radius 3 is 2.54 bits per heavy atom. The van der Waals surface area contributed by atoms with E-state index in [2.05, 4.69) is 5.32 Å². The molecule has 1 aromatic heterocycles. The lowest BCUT2D eigenvalue weighted by molar-refractivity contribution is -0.139. The molecule has 1 fully saturated rings. The molecule has 1 aliphatic carbocycles. The molecule has 2 aromatic rings. The van der Waals surface area contributed by atoms with Crippen molar-refractivity contribution < 1.29 is 14.7 Å². The van der Waals surface area contributed by atoms with Crippen LogP contribution in [0.4, 0.5) is 0 Å². The average Bonchev–Trinajstić information content (AvgIpc) is 2.56. The molecule has 6 nitrogen and oxygen atoms in total. The van der Waals surface area contributed by atoms with Gasteiger partial charge in [-0.05, 0) is 37.0 Å². The first kappa shape index (κ1) is 18.2. The molecule has 0 aliphatic heterocycles. The van der Waals surface area contributed by atoms with Crippen LogP contribution in [0.15, 0.2) is 47.4 Å². The maximum atomic E-state index is 12.6. The number of benzene rings is 1. The predicted octanol–water partition coefficient (Wildman–Crippen LogP) is 2.68. The number of aliphatic carboxylic acids is 1. The molecule has 1 aliphatic rings. The second-order valence-electron chi connectivity index (χ2n) is 6.63. The molecule has 2 N–H and O–H groups in total. The fourth-order valence-electron chi connectivity index (χ4n) is 3.15. The van der Waals surface area contributed by atoms with Gasteiger partial charge in [-0.15, -0.1) is 0 Å². The van der Waals surface area contributed by atoms with Gasteiger partial charge in [-0.2, -0.15) is 0 Å². The van der Waals surface area contributed by atoms with Crippen LogP contribution < -0.4 is 10.9 Å². The Balaban J connectivity index is 1.80. The second-order valence-corrected chi connectivity index (χ2v) is 7.04. The van der Waals surface area contributed by atoms with E-state index in [1.54, 1.807) is 12.1 Å². The molecule has 0 bridgehead atoms. The van der Waals surface area contributed by atoms with E-state index in [0.717, 1.165) is 12.0 Å². The molecule has 0 atom stereocenters. The number of nitrogens with zero attached hydrogens (tertiary/aromatic N) is 1. The molecule has 0 radical (unpaired) electrons. The summed E-state index contributed by atoms with van der Waals surface area (Å²) in [5.41, 5.74) is 0.154. The summed E-state index contributed by atoms with van der Waals surface area (Å²) < 4.78 is 1.42. The van der Waals surface area contributed by atoms with Crippen LogP contribution in [0.25, 0.3) is 0 Å². The van der Waals surface area contributed by atoms with Gasteiger partial charge in [-0.1, -0.05) is 29.8 Å². The van der Waals surface area contributed by atoms with E-state index in [-0.39, 0.29) is 24.4 Å². The number of halogens is 1. The molecular formula is C19H19ClN2O4. The summed E-state index contributed by atoms with van der Waals surface area (Å²) in [6.07, 6.45) is 3.56. The number of carboxylic acid groups (broad SMARTS) is 1. The molecule has 0 saturated heterocycles. The lowest BCUT2D eigenvalue weighted by Gasteiger charge is -2.41. The quantitative estimate of drug-likeness (QED) is 0.813. The highest BCUT2D eigenvalue weighted by molar-refractivity contribution is 6.31. The van der Waals surface area contributed by atoms with Crippen LogP contribution in [0.2, 0.25) is 5.02 Å². The fraction of sp³-hybridized carbons (Fsp3) is 0.316. The SMILES string of the molecule is O=C(O)CC1(NC(=O)c2ccc(=O)n(Cc3ccccc3Cl)c2)CCC1. The number of carbonyl (C=O) groups excluding carboxylic acids is 1. The monoisotopic (exact) mass is 374 g/mol. The van der Waals surface area contributed by atoms with E-state index in [4.69, 9.17) is 16.7 Å². The third-order valence-electron chi connectivity index (χ3n) is 4.72. The number of hydrogen-bond acceptors (Lipinski definition) is 3. The minimum absolute atomic E-state index is 0.0992. The first-order valence-electron chi connectivity index (χ1n) is 8.37. The largest absolute Gasteiger partial charge is 0.481 e. The molecule has 1 amide bonds. The molecule has 1 saturated carbocycles. The summed E-state index contributed by atoms with van der Waals surface area (Å²) in [6.45, 7) is 0.250. The number of pyridine rings is 1. The second kappa shape index (κ2) is 7.33. The molecule has 7 heteroatoms. The van der Waals surface area contributed by atoms with E-state index in [9.17, 15) is 14.4 Å². The Morgan fingerprint density at radius 2 is 1.92 bits per heavy atom. The zero-order chi connectivity index (χ0) is 18.7. The molecular weight excluding hydrogens is 356 g/mol. The number of nitrogens with one attached hydrogen (secondary N) is 1. The molecule has 26 heavy (non-hydrogen) atoms. The van der Waals surface area contributed by atoms with Crippen LogP contribution in [0.3, 0.4) is 0 Å². The predicted molar refractivity (Wildman–Crippen MR) is 97.6 cm³/mol. The van der Waals surface area contributed by atoms with Gasteiger partial charge in [0.05, 0.1) is 24.1 Å². The number of amides is 1. The van der Waals surface area contributed by atoms with Gasteiger partial charge in [0.25, 0.3) is 11.5 Å². The van der Waals surface area contributed by atoms with E-state index in [1.807, 2.05) is 12.1 Å². The standard InChI is InChI=1S/C19H19ClN2O4/c20-15-5-2-1-4-13(15)11-22-12-14(6-7-16(22)23)18(26)21-19(8-3-9-19)10-17(24)25/h1-2,4-7,12H,3,8-11H2,(H,21,26)(H,24,25). The lowest BCUT2D eigenvalue weighted by atomic mass is 9.74. The molecule has 1 heterocycles. The molecule has 0 unspecified atom stereocenters. The Hall–Kier alpha value is -2.60. The highest BCUT2D eigenvalue weighted by Gasteiger charge is 2.40. The van der Waals surface area contributed by atoms with Crippen LogP contribution >= 0.6 is 11.6 Å². The maximum Gasteiger partial charge on any atom is 0.305 e. The van der Waals surface area contributed by atoms with E-state index in [0.29, 0.717) is 23.4 Å². The van der Waals surface area contributed by atoms with Crippen LogP contribution in [-0.4, -0.2) is 27.1 Å². The van der Waals surface area contributed by atoms with Crippen LogP contribution in [-0.2, 0) is 11.3 Å². The summed E-state index contributed by atoms with van der Waals surface area (Å²) in [4.78, 5) is 35.7. The third-order valence-corrected chi connectivity index (χ3v) is 5.09. The van der Waals surface area contributed by atoms with Gasteiger partial charge in [-0.25, -0.2) is 0 Å². The highest BCUT2D eigenvalue weighted by atomic mass is 35.5. The zero-order valence-electron chi connectivity index (χ0n) is 14.1. The van der Waals surface area contributed by atoms with Crippen molar-refractivity contribution in [3.63, 3.8) is 0 Å². The van der Waals surface area contributed by atoms with Crippen molar-refractivity contribution in [1.29, 1.82) is 0 Å². The van der Waals surface area contributed by atoms with Gasteiger partial charge < -0.3 is 15.0 Å². The van der Waals surface area contributed by atoms with Crippen molar-refractivity contribution >= 4 is 23.5 Å². The minimum atomic E-state index is -0.936. The molecule has 1 aromatic carbocycles. The average molecular weight is 375 g/mol. The van der Waals surface area contributed by atoms with Gasteiger partial charge in [0, 0.05) is 17.3 Å². The Bertz CT molecular complexity index is 902. The van der Waals surface area contributed by atoms with Crippen LogP contribution in [0.5, 0.6) is 0 Å². The zero-order valence-corrected chi connectivity index (χ0v) is 14.8. The summed E-state index contributed by atoms with van der Waals surface area (Å²) in [5.74, 6) is -1.31. The van der Waals surface area contributed by atoms with E-state index in [1.165, 1.54) is 22.9 Å². The highest BCUT2D eigenvalue weighted by Crippen LogP contribution is 2.35. The summed E-state index contributed by atoms with van der Waals surface area (Å²) in [7, 11) is 0. The smallest absolute Gasteiger partial charge is 0.305 e. The summed E-state index contributed by atoms with van der Waals surface area (Å²) in [5, 5.41) is 12.4.